The van der Waals surface area contributed by atoms with E-state index in [-0.39, 0.29) is 13.0 Å². The molecule has 244 valence electrons. The lowest BCUT2D eigenvalue weighted by atomic mass is 9.80. The monoisotopic (exact) mass is 652 g/mol. The van der Waals surface area contributed by atoms with Gasteiger partial charge in [0.15, 0.2) is 0 Å². The summed E-state index contributed by atoms with van der Waals surface area (Å²) in [7, 11) is -2.18. The van der Waals surface area contributed by atoms with Crippen LogP contribution in [0.25, 0.3) is 0 Å². The molecule has 0 radical (unpaired) electrons. The van der Waals surface area contributed by atoms with E-state index < -0.39 is 60.5 Å². The fourth-order valence-corrected chi connectivity index (χ4v) is 8.15. The van der Waals surface area contributed by atoms with Crippen molar-refractivity contribution in [3.05, 3.63) is 140 Å². The molecule has 1 aromatic heterocycles. The first-order chi connectivity index (χ1) is 21.7. The Hall–Kier alpha value is -3.77. The minimum Gasteiger partial charge on any atom is -0.370 e. The largest absolute Gasteiger partial charge is 0.423 e. The molecular formula is C35H39F3N2O5Si. The second kappa shape index (κ2) is 12.8. The molecule has 3 aromatic carbocycles. The van der Waals surface area contributed by atoms with Crippen LogP contribution in [0.3, 0.4) is 0 Å². The van der Waals surface area contributed by atoms with Gasteiger partial charge in [-0.25, -0.2) is 4.79 Å². The molecule has 0 spiro atoms. The molecular weight excluding hydrogens is 613 g/mol. The number of halogens is 3. The Morgan fingerprint density at radius 3 is 1.76 bits per heavy atom. The highest BCUT2D eigenvalue weighted by Gasteiger charge is 2.54. The number of benzene rings is 3. The van der Waals surface area contributed by atoms with Gasteiger partial charge in [0.05, 0.1) is 27.1 Å². The van der Waals surface area contributed by atoms with E-state index in [1.807, 2.05) is 130 Å². The van der Waals surface area contributed by atoms with E-state index >= 15 is 0 Å². The Labute approximate surface area is 267 Å². The van der Waals surface area contributed by atoms with E-state index in [1.54, 1.807) is 0 Å². The molecule has 0 aliphatic carbocycles. The predicted molar refractivity (Wildman–Crippen MR) is 172 cm³/mol. The van der Waals surface area contributed by atoms with Crippen LogP contribution in [0.2, 0.25) is 13.1 Å². The van der Waals surface area contributed by atoms with Crippen LogP contribution in [0.4, 0.5) is 13.2 Å². The van der Waals surface area contributed by atoms with Gasteiger partial charge in [-0.3, -0.25) is 14.3 Å². The average molecular weight is 653 g/mol. The smallest absolute Gasteiger partial charge is 0.370 e. The lowest BCUT2D eigenvalue weighted by Gasteiger charge is -2.38. The van der Waals surface area contributed by atoms with E-state index in [4.69, 9.17) is 14.2 Å². The number of hydrogen-bond acceptors (Lipinski definition) is 5. The Kier molecular flexibility index (Phi) is 9.34. The standard InChI is InChI=1S/C35H39F3N2O5Si/c1-32(2,3)44-28-21-33(46(4)5,40-22-27(35(36,37)38)30(41)39-31(40)42)45-29(28)23-43-34(24-15-9-6-10-16-24,25-17-11-7-12-18-25)26-19-13-8-14-20-26/h6-20,22,28-29,46H,21,23H2,1-5H3,(H,39,41,42)/t28-,29+,33-/m0/s1. The summed E-state index contributed by atoms with van der Waals surface area (Å²) in [4.78, 5) is 27.3. The first-order valence-corrected chi connectivity index (χ1v) is 18.2. The first-order valence-electron chi connectivity index (χ1n) is 15.3. The van der Waals surface area contributed by atoms with Crippen LogP contribution < -0.4 is 11.2 Å². The lowest BCUT2D eigenvalue weighted by Crippen LogP contribution is -2.53. The van der Waals surface area contributed by atoms with Crippen molar-refractivity contribution in [3.63, 3.8) is 0 Å². The predicted octanol–water partition coefficient (Wildman–Crippen LogP) is 6.22. The van der Waals surface area contributed by atoms with Crippen LogP contribution in [0.1, 0.15) is 49.4 Å². The van der Waals surface area contributed by atoms with E-state index in [1.165, 1.54) is 0 Å². The number of aromatic amines is 1. The fourth-order valence-electron chi connectivity index (χ4n) is 6.25. The number of H-pyrrole nitrogens is 1. The second-order valence-corrected chi connectivity index (χ2v) is 16.1. The van der Waals surface area contributed by atoms with Crippen molar-refractivity contribution in [2.75, 3.05) is 6.61 Å². The molecule has 2 heterocycles. The van der Waals surface area contributed by atoms with Crippen molar-refractivity contribution in [2.45, 2.75) is 75.2 Å². The first kappa shape index (κ1) is 33.6. The highest BCUT2D eigenvalue weighted by molar-refractivity contribution is 6.58. The Morgan fingerprint density at radius 1 is 0.870 bits per heavy atom. The number of rotatable bonds is 9. The van der Waals surface area contributed by atoms with Gasteiger partial charge in [-0.1, -0.05) is 104 Å². The van der Waals surface area contributed by atoms with Gasteiger partial charge >= 0.3 is 11.9 Å². The number of alkyl halides is 3. The van der Waals surface area contributed by atoms with Crippen molar-refractivity contribution < 1.29 is 27.4 Å². The van der Waals surface area contributed by atoms with Gasteiger partial charge in [-0.15, -0.1) is 0 Å². The molecule has 0 amide bonds. The average Bonchev–Trinajstić information content (AvgIpc) is 3.36. The molecule has 4 aromatic rings. The third kappa shape index (κ3) is 6.55. The number of ether oxygens (including phenoxy) is 3. The quantitative estimate of drug-likeness (QED) is 0.172. The lowest BCUT2D eigenvalue weighted by molar-refractivity contribution is -0.143. The zero-order valence-corrected chi connectivity index (χ0v) is 27.7. The number of nitrogens with zero attached hydrogens (tertiary/aromatic N) is 1. The van der Waals surface area contributed by atoms with Crippen molar-refractivity contribution in [1.29, 1.82) is 0 Å². The molecule has 1 fully saturated rings. The molecule has 1 N–H and O–H groups in total. The Balaban J connectivity index is 1.64. The maximum atomic E-state index is 13.9. The van der Waals surface area contributed by atoms with Crippen LogP contribution in [0, 0.1) is 0 Å². The van der Waals surface area contributed by atoms with Gasteiger partial charge < -0.3 is 14.2 Å². The summed E-state index contributed by atoms with van der Waals surface area (Å²) >= 11 is 0. The van der Waals surface area contributed by atoms with Crippen molar-refractivity contribution >= 4 is 8.80 Å². The molecule has 7 nitrogen and oxygen atoms in total. The molecule has 1 aliphatic heterocycles. The molecule has 1 saturated heterocycles. The number of hydrogen-bond donors (Lipinski definition) is 1. The summed E-state index contributed by atoms with van der Waals surface area (Å²) < 4.78 is 62.8. The van der Waals surface area contributed by atoms with Crippen molar-refractivity contribution in [1.82, 2.24) is 9.55 Å². The Morgan fingerprint density at radius 2 is 1.35 bits per heavy atom. The van der Waals surface area contributed by atoms with E-state index in [0.717, 1.165) is 21.3 Å². The minimum absolute atomic E-state index is 0.0213. The Bertz CT molecular complexity index is 1640. The molecule has 0 saturated carbocycles. The zero-order valence-electron chi connectivity index (χ0n) is 26.5. The molecule has 3 atom stereocenters. The van der Waals surface area contributed by atoms with E-state index in [0.29, 0.717) is 6.20 Å². The molecule has 46 heavy (non-hydrogen) atoms. The molecule has 0 unspecified atom stereocenters. The second-order valence-electron chi connectivity index (χ2n) is 12.9. The highest BCUT2D eigenvalue weighted by atomic mass is 28.3. The summed E-state index contributed by atoms with van der Waals surface area (Å²) in [5, 5.41) is -1.44. The molecule has 0 bridgehead atoms. The van der Waals surface area contributed by atoms with Gasteiger partial charge in [0.25, 0.3) is 5.56 Å². The topological polar surface area (TPSA) is 82.6 Å². The maximum absolute atomic E-state index is 13.9. The van der Waals surface area contributed by atoms with Gasteiger partial charge in [-0.05, 0) is 37.5 Å². The minimum atomic E-state index is -4.97. The molecule has 11 heteroatoms. The summed E-state index contributed by atoms with van der Waals surface area (Å²) in [5.74, 6) is 0. The van der Waals surface area contributed by atoms with Gasteiger partial charge in [0, 0.05) is 12.6 Å². The van der Waals surface area contributed by atoms with Crippen LogP contribution in [0.5, 0.6) is 0 Å². The normalized spacial score (nSPS) is 20.7. The van der Waals surface area contributed by atoms with Gasteiger partial charge in [0.1, 0.15) is 22.6 Å². The summed E-state index contributed by atoms with van der Waals surface area (Å²) in [5.41, 5.74) is -3.05. The van der Waals surface area contributed by atoms with Gasteiger partial charge in [0.2, 0.25) is 0 Å². The third-order valence-electron chi connectivity index (χ3n) is 8.33. The van der Waals surface area contributed by atoms with Crippen LogP contribution in [0.15, 0.2) is 107 Å². The van der Waals surface area contributed by atoms with Crippen LogP contribution >= 0.6 is 0 Å². The van der Waals surface area contributed by atoms with Crippen LogP contribution in [-0.4, -0.2) is 42.8 Å². The highest BCUT2D eigenvalue weighted by Crippen LogP contribution is 2.44. The molecule has 5 rings (SSSR count). The van der Waals surface area contributed by atoms with Crippen molar-refractivity contribution in [3.8, 4) is 0 Å². The SMILES string of the molecule is C[SiH](C)[C@]1(n2cc(C(F)(F)F)c(=O)[nH]c2=O)C[C@H](OC(C)(C)C)[C@@H](COC(c2ccccc2)(c2ccccc2)c2ccccc2)O1. The van der Waals surface area contributed by atoms with E-state index in [9.17, 15) is 22.8 Å². The number of nitrogens with one attached hydrogen (secondary N) is 1. The zero-order chi connectivity index (χ0) is 33.3. The maximum Gasteiger partial charge on any atom is 0.423 e. The van der Waals surface area contributed by atoms with Crippen LogP contribution in [-0.2, 0) is 31.3 Å². The summed E-state index contributed by atoms with van der Waals surface area (Å²) in [6.45, 7) is 9.41. The third-order valence-corrected chi connectivity index (χ3v) is 10.8. The summed E-state index contributed by atoms with van der Waals surface area (Å²) in [6, 6.07) is 29.3. The number of aromatic nitrogens is 2. The fraction of sp³-hybridized carbons (Fsp3) is 0.371. The van der Waals surface area contributed by atoms with Gasteiger partial charge in [-0.2, -0.15) is 13.2 Å². The van der Waals surface area contributed by atoms with Crippen molar-refractivity contribution in [2.24, 2.45) is 0 Å². The summed E-state index contributed by atoms with van der Waals surface area (Å²) in [6.07, 6.45) is -5.71. The molecule has 1 aliphatic rings. The van der Waals surface area contributed by atoms with E-state index in [2.05, 4.69) is 0 Å².